The maximum Gasteiger partial charge on any atom is 0.410 e. The van der Waals surface area contributed by atoms with Crippen LogP contribution in [0, 0.1) is 24.5 Å². The van der Waals surface area contributed by atoms with E-state index in [2.05, 4.69) is 15.4 Å². The smallest absolute Gasteiger partial charge is 0.410 e. The number of methoxy groups -OCH3 is 1. The molecule has 1 N–H and O–H groups in total. The minimum absolute atomic E-state index is 0.0470. The third-order valence-electron chi connectivity index (χ3n) is 12.8. The second-order valence-corrected chi connectivity index (χ2v) is 20.7. The second-order valence-electron chi connectivity index (χ2n) is 20.3. The lowest BCUT2D eigenvalue weighted by Crippen LogP contribution is -2.67. The normalized spacial score (nSPS) is 16.5. The van der Waals surface area contributed by atoms with E-state index in [9.17, 15) is 24.0 Å². The number of imidazole rings is 1. The first kappa shape index (κ1) is 51.7. The van der Waals surface area contributed by atoms with E-state index < -0.39 is 28.7 Å². The first-order valence-electron chi connectivity index (χ1n) is 23.5. The van der Waals surface area contributed by atoms with Gasteiger partial charge in [-0.25, -0.2) is 28.1 Å². The Balaban J connectivity index is 0.919. The number of carbonyl (C=O) groups is 5. The Morgan fingerprint density at radius 2 is 1.43 bits per heavy atom. The van der Waals surface area contributed by atoms with Crippen LogP contribution in [0.15, 0.2) is 42.7 Å². The van der Waals surface area contributed by atoms with E-state index in [1.165, 1.54) is 54.3 Å². The molecule has 18 nitrogen and oxygen atoms in total. The zero-order valence-corrected chi connectivity index (χ0v) is 42.2. The number of likely N-dealkylation sites (tertiary alicyclic amines) is 1. The van der Waals surface area contributed by atoms with E-state index in [0.717, 1.165) is 0 Å². The van der Waals surface area contributed by atoms with E-state index in [-0.39, 0.29) is 88.5 Å². The number of nitrogens with one attached hydrogen (secondary N) is 1. The van der Waals surface area contributed by atoms with Crippen molar-refractivity contribution in [3.63, 3.8) is 0 Å². The van der Waals surface area contributed by atoms with Crippen molar-refractivity contribution in [2.45, 2.75) is 66.2 Å². The van der Waals surface area contributed by atoms with Gasteiger partial charge in [-0.3, -0.25) is 14.3 Å². The molecule has 4 aromatic rings. The van der Waals surface area contributed by atoms with Gasteiger partial charge in [0.15, 0.2) is 24.0 Å². The molecule has 21 heteroatoms. The van der Waals surface area contributed by atoms with Crippen LogP contribution in [0.3, 0.4) is 0 Å². The van der Waals surface area contributed by atoms with Gasteiger partial charge in [0, 0.05) is 87.4 Å². The molecular weight excluding hydrogens is 930 g/mol. The van der Waals surface area contributed by atoms with Crippen LogP contribution in [0.1, 0.15) is 68.2 Å². The summed E-state index contributed by atoms with van der Waals surface area (Å²) in [5.41, 5.74) is 0.482. The molecule has 0 bridgehead atoms. The topological polar surface area (TPSA) is 174 Å². The SMILES string of the molecule is COCCn1ncc(-c2ccc(-c3cnc(C(=O)Nc4ccc(C(=O)N5CCN(C(=O)N6CC[N+](CC(=O)OC(C)(C)C)(CC7CN(C(=O)OC(C)(C)C)C7)CC6)CC5)c(Cl)c4)n3C)c(F)c2F)c1C. The van der Waals surface area contributed by atoms with Crippen molar-refractivity contribution in [2.24, 2.45) is 13.0 Å². The van der Waals surface area contributed by atoms with Crippen LogP contribution in [0.2, 0.25) is 5.02 Å². The van der Waals surface area contributed by atoms with Gasteiger partial charge in [0.05, 0.1) is 74.5 Å². The van der Waals surface area contributed by atoms with Gasteiger partial charge < -0.3 is 48.2 Å². The molecule has 2 aromatic heterocycles. The quantitative estimate of drug-likeness (QED) is 0.125. The van der Waals surface area contributed by atoms with E-state index in [0.29, 0.717) is 87.8 Å². The van der Waals surface area contributed by atoms with Crippen LogP contribution < -0.4 is 5.32 Å². The summed E-state index contributed by atoms with van der Waals surface area (Å²) in [5, 5.41) is 7.09. The van der Waals surface area contributed by atoms with Crippen molar-refractivity contribution in [3.05, 3.63) is 76.5 Å². The summed E-state index contributed by atoms with van der Waals surface area (Å²) in [7, 11) is 3.08. The number of quaternary nitrogens is 1. The highest BCUT2D eigenvalue weighted by Gasteiger charge is 2.45. The van der Waals surface area contributed by atoms with Gasteiger partial charge in [0.1, 0.15) is 11.2 Å². The summed E-state index contributed by atoms with van der Waals surface area (Å²) in [6, 6.07) is 7.26. The van der Waals surface area contributed by atoms with E-state index in [1.807, 2.05) is 41.5 Å². The molecule has 378 valence electrons. The lowest BCUT2D eigenvalue weighted by atomic mass is 9.97. The van der Waals surface area contributed by atoms with Crippen LogP contribution >= 0.6 is 11.6 Å². The first-order valence-corrected chi connectivity index (χ1v) is 23.8. The number of aromatic nitrogens is 4. The minimum Gasteiger partial charge on any atom is -0.456 e. The molecule has 0 saturated carbocycles. The Kier molecular flexibility index (Phi) is 15.3. The third-order valence-corrected chi connectivity index (χ3v) is 13.2. The number of halogens is 3. The highest BCUT2D eigenvalue weighted by atomic mass is 35.5. The highest BCUT2D eigenvalue weighted by molar-refractivity contribution is 6.34. The summed E-state index contributed by atoms with van der Waals surface area (Å²) < 4.78 is 51.1. The molecule has 3 aliphatic rings. The number of carbonyl (C=O) groups excluding carboxylic acids is 5. The summed E-state index contributed by atoms with van der Waals surface area (Å²) in [5.74, 6) is -3.35. The van der Waals surface area contributed by atoms with Gasteiger partial charge in [-0.05, 0) is 72.7 Å². The van der Waals surface area contributed by atoms with Gasteiger partial charge in [-0.15, -0.1) is 0 Å². The fraction of sp³-hybridized carbons (Fsp3) is 0.531. The summed E-state index contributed by atoms with van der Waals surface area (Å²) in [6.07, 6.45) is 2.42. The monoisotopic (exact) mass is 993 g/mol. The molecule has 0 aliphatic carbocycles. The fourth-order valence-corrected chi connectivity index (χ4v) is 9.47. The molecule has 2 aromatic carbocycles. The number of piperazine rings is 2. The third kappa shape index (κ3) is 11.7. The number of urea groups is 1. The maximum absolute atomic E-state index is 15.7. The van der Waals surface area contributed by atoms with Gasteiger partial charge >= 0.3 is 18.1 Å². The maximum atomic E-state index is 15.7. The zero-order chi connectivity index (χ0) is 50.9. The van der Waals surface area contributed by atoms with Crippen LogP contribution in [-0.2, 0) is 32.6 Å². The molecule has 7 rings (SSSR count). The molecule has 3 aliphatic heterocycles. The van der Waals surface area contributed by atoms with E-state index >= 15 is 8.78 Å². The average molecular weight is 995 g/mol. The molecule has 0 atom stereocenters. The number of ether oxygens (including phenoxy) is 3. The number of hydrogen-bond acceptors (Lipinski definition) is 10. The lowest BCUT2D eigenvalue weighted by molar-refractivity contribution is -0.928. The molecule has 5 heterocycles. The van der Waals surface area contributed by atoms with Gasteiger partial charge in [-0.1, -0.05) is 17.7 Å². The Morgan fingerprint density at radius 3 is 2.06 bits per heavy atom. The predicted molar refractivity (Wildman–Crippen MR) is 257 cm³/mol. The molecule has 3 saturated heterocycles. The van der Waals surface area contributed by atoms with Crippen molar-refractivity contribution >= 4 is 47.2 Å². The van der Waals surface area contributed by atoms with Gasteiger partial charge in [0.2, 0.25) is 0 Å². The number of esters is 1. The van der Waals surface area contributed by atoms with Gasteiger partial charge in [0.25, 0.3) is 11.8 Å². The van der Waals surface area contributed by atoms with Crippen LogP contribution in [0.5, 0.6) is 0 Å². The minimum atomic E-state index is -1.10. The largest absolute Gasteiger partial charge is 0.456 e. The Hall–Kier alpha value is -6.12. The Bertz CT molecular complexity index is 2620. The van der Waals surface area contributed by atoms with Crippen LogP contribution in [0.25, 0.3) is 22.4 Å². The van der Waals surface area contributed by atoms with Crippen molar-refractivity contribution in [2.75, 3.05) is 97.6 Å². The molecule has 3 fully saturated rings. The first-order chi connectivity index (χ1) is 33.0. The van der Waals surface area contributed by atoms with E-state index in [4.69, 9.17) is 25.8 Å². The summed E-state index contributed by atoms with van der Waals surface area (Å²) in [4.78, 5) is 77.8. The second kappa shape index (κ2) is 20.7. The molecule has 0 spiro atoms. The Labute approximate surface area is 411 Å². The number of amides is 5. The van der Waals surface area contributed by atoms with Crippen molar-refractivity contribution in [3.8, 4) is 22.4 Å². The van der Waals surface area contributed by atoms with Crippen LogP contribution in [0.4, 0.5) is 24.1 Å². The number of hydrogen-bond donors (Lipinski definition) is 1. The lowest BCUT2D eigenvalue weighted by Gasteiger charge is -2.49. The van der Waals surface area contributed by atoms with Crippen molar-refractivity contribution in [1.29, 1.82) is 0 Å². The number of benzene rings is 2. The highest BCUT2D eigenvalue weighted by Crippen LogP contribution is 2.34. The molecule has 5 amide bonds. The number of rotatable bonds is 12. The Morgan fingerprint density at radius 1 is 0.814 bits per heavy atom. The average Bonchev–Trinajstić information content (AvgIpc) is 3.84. The zero-order valence-electron chi connectivity index (χ0n) is 41.4. The summed E-state index contributed by atoms with van der Waals surface area (Å²) in [6.45, 7) is 18.6. The van der Waals surface area contributed by atoms with Crippen LogP contribution in [-0.4, -0.2) is 177 Å². The fourth-order valence-electron chi connectivity index (χ4n) is 9.21. The number of nitrogens with zero attached hydrogens (tertiary/aromatic N) is 9. The molecular formula is C49H64ClF2N10O8+. The van der Waals surface area contributed by atoms with E-state index in [1.54, 1.807) is 38.3 Å². The molecule has 70 heavy (non-hydrogen) atoms. The summed E-state index contributed by atoms with van der Waals surface area (Å²) >= 11 is 6.63. The molecule has 0 radical (unpaired) electrons. The molecule has 0 unspecified atom stereocenters. The standard InChI is InChI=1S/C49H63ClF2N10O8/c1-31-37(25-54-61(31)20-23-68-9)34-12-13-36(42(52)41(34)51)39-26-53-43(56(39)8)44(64)55-33-10-11-35(38(50)24-33)45(65)57-14-16-58(17-15-57)46(66)59-18-21-62(22-19-59,30-40(63)69-48(2,3)4)29-32-27-60(28-32)47(67)70-49(5,6)7/h10-13,24-26,32H,14-23,27-30H2,1-9H3/p+1. The van der Waals surface area contributed by atoms with Crippen molar-refractivity contribution < 1.29 is 51.4 Å². The predicted octanol–water partition coefficient (Wildman–Crippen LogP) is 6.31. The van der Waals surface area contributed by atoms with Gasteiger partial charge in [-0.2, -0.15) is 5.10 Å². The number of anilines is 1. The van der Waals surface area contributed by atoms with Crippen molar-refractivity contribution in [1.82, 2.24) is 38.9 Å².